The predicted molar refractivity (Wildman–Crippen MR) is 77.6 cm³/mol. The van der Waals surface area contributed by atoms with Gasteiger partial charge in [-0.1, -0.05) is 49.7 Å². The number of nitrogens with one attached hydrogen (secondary N) is 1. The minimum Gasteiger partial charge on any atom is -0.312 e. The molecule has 3 rings (SSSR count). The van der Waals surface area contributed by atoms with Gasteiger partial charge in [-0.3, -0.25) is 0 Å². The zero-order valence-electron chi connectivity index (χ0n) is 11.1. The van der Waals surface area contributed by atoms with Crippen LogP contribution in [0.1, 0.15) is 31.7 Å². The van der Waals surface area contributed by atoms with Crippen molar-refractivity contribution in [3.8, 4) is 0 Å². The lowest BCUT2D eigenvalue weighted by Crippen LogP contribution is -2.36. The van der Waals surface area contributed by atoms with E-state index in [1.165, 1.54) is 35.6 Å². The molecular formula is C17H21N. The second kappa shape index (κ2) is 4.74. The highest BCUT2D eigenvalue weighted by atomic mass is 14.9. The maximum absolute atomic E-state index is 3.61. The lowest BCUT2D eigenvalue weighted by atomic mass is 9.70. The lowest BCUT2D eigenvalue weighted by Gasteiger charge is -2.38. The van der Waals surface area contributed by atoms with Crippen molar-refractivity contribution in [2.75, 3.05) is 6.54 Å². The topological polar surface area (TPSA) is 12.0 Å². The molecular weight excluding hydrogens is 218 g/mol. The summed E-state index contributed by atoms with van der Waals surface area (Å²) in [7, 11) is 0. The Morgan fingerprint density at radius 2 is 1.83 bits per heavy atom. The molecule has 1 saturated carbocycles. The number of hydrogen-bond donors (Lipinski definition) is 1. The van der Waals surface area contributed by atoms with Gasteiger partial charge in [0, 0.05) is 13.1 Å². The Hall–Kier alpha value is -1.34. The third kappa shape index (κ3) is 2.41. The second-order valence-corrected chi connectivity index (χ2v) is 5.95. The highest BCUT2D eigenvalue weighted by molar-refractivity contribution is 5.82. The lowest BCUT2D eigenvalue weighted by molar-refractivity contribution is 0.156. The SMILES string of the molecule is CC1(CNCc2ccc3ccccc3c2)CCC1. The van der Waals surface area contributed by atoms with Crippen LogP contribution in [-0.4, -0.2) is 6.54 Å². The van der Waals surface area contributed by atoms with Gasteiger partial charge >= 0.3 is 0 Å². The van der Waals surface area contributed by atoms with Crippen molar-refractivity contribution < 1.29 is 0 Å². The van der Waals surface area contributed by atoms with Crippen molar-refractivity contribution in [2.24, 2.45) is 5.41 Å². The largest absolute Gasteiger partial charge is 0.312 e. The Balaban J connectivity index is 1.64. The molecule has 0 unspecified atom stereocenters. The first-order valence-corrected chi connectivity index (χ1v) is 6.94. The first kappa shape index (κ1) is 11.7. The molecule has 2 aromatic carbocycles. The van der Waals surface area contributed by atoms with Gasteiger partial charge in [0.2, 0.25) is 0 Å². The summed E-state index contributed by atoms with van der Waals surface area (Å²) in [6.45, 7) is 4.53. The molecule has 2 aromatic rings. The summed E-state index contributed by atoms with van der Waals surface area (Å²) in [4.78, 5) is 0. The van der Waals surface area contributed by atoms with Gasteiger partial charge in [-0.2, -0.15) is 0 Å². The molecule has 1 aliphatic rings. The Kier molecular flexibility index (Phi) is 3.09. The van der Waals surface area contributed by atoms with Crippen molar-refractivity contribution in [3.05, 3.63) is 48.0 Å². The molecule has 0 spiro atoms. The van der Waals surface area contributed by atoms with Crippen LogP contribution in [0.2, 0.25) is 0 Å². The van der Waals surface area contributed by atoms with Crippen LogP contribution in [-0.2, 0) is 6.54 Å². The Bertz CT molecular complexity index is 540. The molecule has 0 atom stereocenters. The Morgan fingerprint density at radius 1 is 1.06 bits per heavy atom. The predicted octanol–water partition coefficient (Wildman–Crippen LogP) is 4.12. The van der Waals surface area contributed by atoms with Gasteiger partial charge in [-0.25, -0.2) is 0 Å². The quantitative estimate of drug-likeness (QED) is 0.846. The monoisotopic (exact) mass is 239 g/mol. The average Bonchev–Trinajstić information content (AvgIpc) is 2.37. The molecule has 94 valence electrons. The Morgan fingerprint density at radius 3 is 2.56 bits per heavy atom. The summed E-state index contributed by atoms with van der Waals surface area (Å²) >= 11 is 0. The number of rotatable bonds is 4. The summed E-state index contributed by atoms with van der Waals surface area (Å²) in [6.07, 6.45) is 4.18. The van der Waals surface area contributed by atoms with Crippen molar-refractivity contribution >= 4 is 10.8 Å². The third-order valence-corrected chi connectivity index (χ3v) is 4.26. The van der Waals surface area contributed by atoms with Crippen LogP contribution in [0.5, 0.6) is 0 Å². The van der Waals surface area contributed by atoms with E-state index in [4.69, 9.17) is 0 Å². The smallest absolute Gasteiger partial charge is 0.0205 e. The average molecular weight is 239 g/mol. The number of hydrogen-bond acceptors (Lipinski definition) is 1. The molecule has 18 heavy (non-hydrogen) atoms. The molecule has 0 heterocycles. The summed E-state index contributed by atoms with van der Waals surface area (Å²) in [5, 5.41) is 6.27. The van der Waals surface area contributed by atoms with Crippen LogP contribution in [0.4, 0.5) is 0 Å². The van der Waals surface area contributed by atoms with Crippen molar-refractivity contribution in [1.82, 2.24) is 5.32 Å². The molecule has 0 saturated heterocycles. The van der Waals surface area contributed by atoms with E-state index in [2.05, 4.69) is 54.7 Å². The first-order chi connectivity index (χ1) is 8.75. The van der Waals surface area contributed by atoms with Gasteiger partial charge in [0.1, 0.15) is 0 Å². The van der Waals surface area contributed by atoms with Crippen LogP contribution < -0.4 is 5.32 Å². The van der Waals surface area contributed by atoms with Crippen molar-refractivity contribution in [2.45, 2.75) is 32.7 Å². The minimum absolute atomic E-state index is 0.566. The van der Waals surface area contributed by atoms with E-state index in [1.54, 1.807) is 0 Å². The molecule has 0 aliphatic heterocycles. The molecule has 1 fully saturated rings. The fraction of sp³-hybridized carbons (Fsp3) is 0.412. The second-order valence-electron chi connectivity index (χ2n) is 5.95. The van der Waals surface area contributed by atoms with Crippen LogP contribution >= 0.6 is 0 Å². The summed E-state index contributed by atoms with van der Waals surface area (Å²) < 4.78 is 0. The van der Waals surface area contributed by atoms with Gasteiger partial charge in [0.05, 0.1) is 0 Å². The standard InChI is InChI=1S/C17H21N/c1-17(9-4-10-17)13-18-12-14-7-8-15-5-2-3-6-16(15)11-14/h2-3,5-8,11,18H,4,9-10,12-13H2,1H3. The van der Waals surface area contributed by atoms with Crippen LogP contribution in [0.15, 0.2) is 42.5 Å². The van der Waals surface area contributed by atoms with Crippen LogP contribution in [0, 0.1) is 5.41 Å². The molecule has 1 nitrogen and oxygen atoms in total. The molecule has 0 aromatic heterocycles. The molecule has 0 bridgehead atoms. The molecule has 1 heteroatoms. The van der Waals surface area contributed by atoms with Crippen molar-refractivity contribution in [3.63, 3.8) is 0 Å². The highest BCUT2D eigenvalue weighted by Gasteiger charge is 2.30. The Labute approximate surface area is 109 Å². The maximum Gasteiger partial charge on any atom is 0.0205 e. The van der Waals surface area contributed by atoms with E-state index >= 15 is 0 Å². The van der Waals surface area contributed by atoms with Crippen LogP contribution in [0.3, 0.4) is 0 Å². The van der Waals surface area contributed by atoms with Gasteiger partial charge in [0.25, 0.3) is 0 Å². The highest BCUT2D eigenvalue weighted by Crippen LogP contribution is 2.39. The van der Waals surface area contributed by atoms with Gasteiger partial charge in [0.15, 0.2) is 0 Å². The summed E-state index contributed by atoms with van der Waals surface area (Å²) in [5.74, 6) is 0. The summed E-state index contributed by atoms with van der Waals surface area (Å²) in [6, 6.07) is 15.3. The van der Waals surface area contributed by atoms with Gasteiger partial charge < -0.3 is 5.32 Å². The molecule has 1 N–H and O–H groups in total. The normalized spacial score (nSPS) is 17.6. The third-order valence-electron chi connectivity index (χ3n) is 4.26. The van der Waals surface area contributed by atoms with E-state index < -0.39 is 0 Å². The van der Waals surface area contributed by atoms with E-state index in [-0.39, 0.29) is 0 Å². The zero-order valence-corrected chi connectivity index (χ0v) is 11.1. The van der Waals surface area contributed by atoms with E-state index in [1.807, 2.05) is 0 Å². The van der Waals surface area contributed by atoms with Crippen molar-refractivity contribution in [1.29, 1.82) is 0 Å². The van der Waals surface area contributed by atoms with E-state index in [9.17, 15) is 0 Å². The summed E-state index contributed by atoms with van der Waals surface area (Å²) in [5.41, 5.74) is 1.95. The molecule has 1 aliphatic carbocycles. The first-order valence-electron chi connectivity index (χ1n) is 6.94. The van der Waals surface area contributed by atoms with Gasteiger partial charge in [-0.05, 0) is 40.7 Å². The van der Waals surface area contributed by atoms with Crippen LogP contribution in [0.25, 0.3) is 10.8 Å². The molecule has 0 amide bonds. The molecule has 0 radical (unpaired) electrons. The fourth-order valence-electron chi connectivity index (χ4n) is 2.81. The van der Waals surface area contributed by atoms with E-state index in [0.29, 0.717) is 5.41 Å². The fourth-order valence-corrected chi connectivity index (χ4v) is 2.81. The minimum atomic E-state index is 0.566. The zero-order chi connectivity index (χ0) is 12.4. The maximum atomic E-state index is 3.61. The number of benzene rings is 2. The van der Waals surface area contributed by atoms with Gasteiger partial charge in [-0.15, -0.1) is 0 Å². The van der Waals surface area contributed by atoms with E-state index in [0.717, 1.165) is 13.1 Å². The number of fused-ring (bicyclic) bond motifs is 1.